The predicted octanol–water partition coefficient (Wildman–Crippen LogP) is -0.774. The molecule has 0 radical (unpaired) electrons. The summed E-state index contributed by atoms with van der Waals surface area (Å²) >= 11 is 5.90. The van der Waals surface area contributed by atoms with Gasteiger partial charge in [-0.15, -0.1) is 0 Å². The molecule has 3 aromatic rings. The molecule has 0 saturated heterocycles. The molecule has 108 valence electrons. The number of carboxylic acid groups (broad SMARTS) is 1. The Morgan fingerprint density at radius 3 is 2.48 bits per heavy atom. The van der Waals surface area contributed by atoms with E-state index in [2.05, 4.69) is 15.0 Å². The van der Waals surface area contributed by atoms with Crippen molar-refractivity contribution in [3.63, 3.8) is 0 Å². The number of pyridine rings is 3. The normalized spacial score (nSPS) is 9.96. The summed E-state index contributed by atoms with van der Waals surface area (Å²) in [7, 11) is 0. The van der Waals surface area contributed by atoms with Crippen molar-refractivity contribution in [3.05, 3.63) is 65.7 Å². The molecular formula is C16H9ClN3NaO2. The number of hydrogen-bond donors (Lipinski definition) is 0. The maximum atomic E-state index is 11.4. The number of carbonyl (C=O) groups excluding carboxylic acids is 1. The van der Waals surface area contributed by atoms with Gasteiger partial charge in [-0.1, -0.05) is 17.7 Å². The van der Waals surface area contributed by atoms with Crippen molar-refractivity contribution in [1.82, 2.24) is 15.0 Å². The Hall–Kier alpha value is -1.79. The first-order valence-electron chi connectivity index (χ1n) is 6.39. The average molecular weight is 334 g/mol. The van der Waals surface area contributed by atoms with Crippen LogP contribution in [0.15, 0.2) is 55.1 Å². The Bertz CT molecular complexity index is 844. The fraction of sp³-hybridized carbons (Fsp3) is 0. The van der Waals surface area contributed by atoms with Crippen LogP contribution in [0.2, 0.25) is 5.02 Å². The van der Waals surface area contributed by atoms with E-state index in [1.165, 1.54) is 12.3 Å². The van der Waals surface area contributed by atoms with Gasteiger partial charge in [0.25, 0.3) is 0 Å². The van der Waals surface area contributed by atoms with Crippen molar-refractivity contribution < 1.29 is 39.5 Å². The molecule has 7 heteroatoms. The van der Waals surface area contributed by atoms with Gasteiger partial charge in [0.15, 0.2) is 0 Å². The molecular weight excluding hydrogens is 325 g/mol. The SMILES string of the molecule is O=C([O-])c1cc(-c2cncc(Cl)c2)cnc1-c1ccccn1.[Na+]. The van der Waals surface area contributed by atoms with Crippen molar-refractivity contribution in [3.8, 4) is 22.5 Å². The molecule has 0 saturated carbocycles. The Morgan fingerprint density at radius 2 is 1.83 bits per heavy atom. The van der Waals surface area contributed by atoms with Gasteiger partial charge in [0.1, 0.15) is 0 Å². The van der Waals surface area contributed by atoms with Crippen molar-refractivity contribution >= 4 is 17.6 Å². The van der Waals surface area contributed by atoms with E-state index in [1.807, 2.05) is 0 Å². The fourth-order valence-electron chi connectivity index (χ4n) is 2.05. The van der Waals surface area contributed by atoms with Gasteiger partial charge in [-0.05, 0) is 24.3 Å². The third-order valence-electron chi connectivity index (χ3n) is 3.05. The number of aromatic carboxylic acids is 1. The monoisotopic (exact) mass is 333 g/mol. The summed E-state index contributed by atoms with van der Waals surface area (Å²) in [4.78, 5) is 23.7. The van der Waals surface area contributed by atoms with Crippen molar-refractivity contribution in [2.45, 2.75) is 0 Å². The second-order valence-electron chi connectivity index (χ2n) is 4.51. The number of halogens is 1. The van der Waals surface area contributed by atoms with Crippen molar-refractivity contribution in [1.29, 1.82) is 0 Å². The van der Waals surface area contributed by atoms with E-state index >= 15 is 0 Å². The van der Waals surface area contributed by atoms with Crippen LogP contribution < -0.4 is 34.7 Å². The molecule has 0 amide bonds. The molecule has 3 heterocycles. The van der Waals surface area contributed by atoms with Crippen LogP contribution in [0.25, 0.3) is 22.5 Å². The van der Waals surface area contributed by atoms with Crippen molar-refractivity contribution in [2.24, 2.45) is 0 Å². The first kappa shape index (κ1) is 17.6. The summed E-state index contributed by atoms with van der Waals surface area (Å²) in [5.74, 6) is -1.31. The van der Waals surface area contributed by atoms with Crippen LogP contribution in [-0.2, 0) is 0 Å². The molecule has 0 aliphatic rings. The van der Waals surface area contributed by atoms with Crippen LogP contribution in [0.5, 0.6) is 0 Å². The van der Waals surface area contributed by atoms with E-state index in [9.17, 15) is 9.90 Å². The number of aromatic nitrogens is 3. The minimum Gasteiger partial charge on any atom is -0.545 e. The second kappa shape index (κ2) is 7.66. The summed E-state index contributed by atoms with van der Waals surface area (Å²) in [5, 5.41) is 11.9. The van der Waals surface area contributed by atoms with Gasteiger partial charge in [-0.25, -0.2) is 0 Å². The Kier molecular flexibility index (Phi) is 5.85. The number of nitrogens with zero attached hydrogens (tertiary/aromatic N) is 3. The first-order valence-corrected chi connectivity index (χ1v) is 6.76. The van der Waals surface area contributed by atoms with Gasteiger partial charge in [0.2, 0.25) is 0 Å². The molecule has 3 aromatic heterocycles. The van der Waals surface area contributed by atoms with Crippen LogP contribution >= 0.6 is 11.6 Å². The van der Waals surface area contributed by atoms with Crippen LogP contribution in [0.3, 0.4) is 0 Å². The van der Waals surface area contributed by atoms with Gasteiger partial charge in [0.05, 0.1) is 22.4 Å². The molecule has 0 aliphatic carbocycles. The molecule has 23 heavy (non-hydrogen) atoms. The summed E-state index contributed by atoms with van der Waals surface area (Å²) in [6.07, 6.45) is 6.22. The minimum absolute atomic E-state index is 0. The van der Waals surface area contributed by atoms with Crippen LogP contribution in [-0.4, -0.2) is 20.9 Å². The van der Waals surface area contributed by atoms with Crippen LogP contribution in [0.1, 0.15) is 10.4 Å². The standard InChI is InChI=1S/C16H10ClN3O2.Na/c17-12-5-10(7-18-9-12)11-6-13(16(21)22)15(20-8-11)14-3-1-2-4-19-14;/h1-9H,(H,21,22);/q;+1/p-1. The van der Waals surface area contributed by atoms with Gasteiger partial charge < -0.3 is 9.90 Å². The largest absolute Gasteiger partial charge is 1.00 e. The molecule has 0 spiro atoms. The molecule has 0 aromatic carbocycles. The molecule has 3 rings (SSSR count). The molecule has 0 aliphatic heterocycles. The quantitative estimate of drug-likeness (QED) is 0.588. The van der Waals surface area contributed by atoms with Gasteiger partial charge in [0, 0.05) is 41.5 Å². The Balaban J connectivity index is 0.00000192. The van der Waals surface area contributed by atoms with Crippen LogP contribution in [0.4, 0.5) is 0 Å². The van der Waals surface area contributed by atoms with E-state index < -0.39 is 5.97 Å². The molecule has 5 nitrogen and oxygen atoms in total. The number of rotatable bonds is 3. The second-order valence-corrected chi connectivity index (χ2v) is 4.95. The number of carboxylic acids is 1. The fourth-order valence-corrected chi connectivity index (χ4v) is 2.23. The Morgan fingerprint density at radius 1 is 1.04 bits per heavy atom. The maximum absolute atomic E-state index is 11.4. The third kappa shape index (κ3) is 3.95. The first-order chi connectivity index (χ1) is 10.6. The van der Waals surface area contributed by atoms with Gasteiger partial charge in [-0.2, -0.15) is 0 Å². The smallest absolute Gasteiger partial charge is 0.545 e. The molecule has 0 unspecified atom stereocenters. The summed E-state index contributed by atoms with van der Waals surface area (Å²) in [6, 6.07) is 8.37. The molecule has 0 fully saturated rings. The molecule has 0 atom stereocenters. The minimum atomic E-state index is -1.31. The number of hydrogen-bond acceptors (Lipinski definition) is 5. The molecule has 0 bridgehead atoms. The van der Waals surface area contributed by atoms with Gasteiger partial charge >= 0.3 is 29.6 Å². The average Bonchev–Trinajstić information content (AvgIpc) is 2.55. The Labute approximate surface area is 159 Å². The zero-order valence-electron chi connectivity index (χ0n) is 12.2. The van der Waals surface area contributed by atoms with Crippen LogP contribution in [0, 0.1) is 0 Å². The maximum Gasteiger partial charge on any atom is 1.00 e. The van der Waals surface area contributed by atoms with E-state index in [0.29, 0.717) is 21.8 Å². The summed E-state index contributed by atoms with van der Waals surface area (Å²) in [5.41, 5.74) is 1.97. The third-order valence-corrected chi connectivity index (χ3v) is 3.26. The van der Waals surface area contributed by atoms with Gasteiger partial charge in [-0.3, -0.25) is 15.0 Å². The van der Waals surface area contributed by atoms with E-state index in [4.69, 9.17) is 11.6 Å². The predicted molar refractivity (Wildman–Crippen MR) is 80.0 cm³/mol. The van der Waals surface area contributed by atoms with Crippen molar-refractivity contribution in [2.75, 3.05) is 0 Å². The number of carbonyl (C=O) groups is 1. The summed E-state index contributed by atoms with van der Waals surface area (Å²) < 4.78 is 0. The summed E-state index contributed by atoms with van der Waals surface area (Å²) in [6.45, 7) is 0. The zero-order chi connectivity index (χ0) is 15.5. The van der Waals surface area contributed by atoms with E-state index in [0.717, 1.165) is 0 Å². The molecule has 0 N–H and O–H groups in total. The topological polar surface area (TPSA) is 78.8 Å². The van der Waals surface area contributed by atoms with E-state index in [-0.39, 0.29) is 40.8 Å². The zero-order valence-corrected chi connectivity index (χ0v) is 15.0. The van der Waals surface area contributed by atoms with E-state index in [1.54, 1.807) is 42.9 Å².